The first kappa shape index (κ1) is 97.1. The fourth-order valence-corrected chi connectivity index (χ4v) is 13.8. The van der Waals surface area contributed by atoms with Crippen LogP contribution in [0.25, 0.3) is 0 Å². The Morgan fingerprint density at radius 2 is 0.515 bits per heavy atom. The van der Waals surface area contributed by atoms with Crippen molar-refractivity contribution in [2.45, 2.75) is 433 Å². The Kier molecular flexibility index (Phi) is 69.0. The average molecular weight is 1450 g/mol. The van der Waals surface area contributed by atoms with Gasteiger partial charge in [0.15, 0.2) is 12.2 Å². The SMILES string of the molecule is CCCCCCCCCCCCCCCCCCCCCCC(=O)O[C@H](COC(=O)CCCCCCCCCCCCCCCCC(C)C)COP(=O)(O)OC[C@@H](O)COP(=O)(O)OC[C@@H](COC(=O)CCCCCCCCC(C)CC)OC(=O)CCCCCCCCCCC(C)CC. The van der Waals surface area contributed by atoms with Gasteiger partial charge in [0.1, 0.15) is 19.3 Å². The van der Waals surface area contributed by atoms with Crippen molar-refractivity contribution in [1.29, 1.82) is 0 Å². The highest BCUT2D eigenvalue weighted by Crippen LogP contribution is 2.45. The van der Waals surface area contributed by atoms with Gasteiger partial charge in [0, 0.05) is 25.7 Å². The normalized spacial score (nSPS) is 14.5. The van der Waals surface area contributed by atoms with E-state index in [4.69, 9.17) is 37.0 Å². The van der Waals surface area contributed by atoms with E-state index < -0.39 is 97.5 Å². The first-order valence-corrected chi connectivity index (χ1v) is 44.4. The Morgan fingerprint density at radius 3 is 0.768 bits per heavy atom. The molecule has 3 N–H and O–H groups in total. The van der Waals surface area contributed by atoms with E-state index in [1.54, 1.807) is 0 Å². The smallest absolute Gasteiger partial charge is 0.462 e. The van der Waals surface area contributed by atoms with Crippen molar-refractivity contribution in [3.8, 4) is 0 Å². The van der Waals surface area contributed by atoms with Crippen LogP contribution in [0.5, 0.6) is 0 Å². The second-order valence-corrected chi connectivity index (χ2v) is 32.7. The highest BCUT2D eigenvalue weighted by Gasteiger charge is 2.30. The molecule has 7 atom stereocenters. The van der Waals surface area contributed by atoms with Crippen LogP contribution in [0.15, 0.2) is 0 Å². The van der Waals surface area contributed by atoms with Crippen LogP contribution in [0.4, 0.5) is 0 Å². The summed E-state index contributed by atoms with van der Waals surface area (Å²) in [4.78, 5) is 73.0. The molecule has 0 spiro atoms. The van der Waals surface area contributed by atoms with Gasteiger partial charge in [0.05, 0.1) is 26.4 Å². The van der Waals surface area contributed by atoms with Crippen LogP contribution in [-0.2, 0) is 65.4 Å². The summed E-state index contributed by atoms with van der Waals surface area (Å²) in [6.45, 7) is 11.9. The number of hydrogen-bond acceptors (Lipinski definition) is 15. The minimum Gasteiger partial charge on any atom is -0.462 e. The number of phosphoric acid groups is 2. The highest BCUT2D eigenvalue weighted by molar-refractivity contribution is 7.47. The van der Waals surface area contributed by atoms with Crippen molar-refractivity contribution in [3.63, 3.8) is 0 Å². The lowest BCUT2D eigenvalue weighted by Gasteiger charge is -2.21. The predicted octanol–water partition coefficient (Wildman–Crippen LogP) is 23.7. The zero-order chi connectivity index (χ0) is 73.0. The van der Waals surface area contributed by atoms with Gasteiger partial charge in [-0.05, 0) is 43.4 Å². The second kappa shape index (κ2) is 70.4. The number of aliphatic hydroxyl groups excluding tert-OH is 1. The topological polar surface area (TPSA) is 237 Å². The van der Waals surface area contributed by atoms with E-state index in [0.29, 0.717) is 25.7 Å². The molecule has 0 saturated heterocycles. The lowest BCUT2D eigenvalue weighted by atomic mass is 9.99. The Morgan fingerprint density at radius 1 is 0.293 bits per heavy atom. The minimum absolute atomic E-state index is 0.104. The maximum atomic E-state index is 13.1. The van der Waals surface area contributed by atoms with Crippen LogP contribution >= 0.6 is 15.6 Å². The van der Waals surface area contributed by atoms with Gasteiger partial charge >= 0.3 is 39.5 Å². The molecule has 0 aromatic carbocycles. The number of rotatable bonds is 78. The number of carbonyl (C=O) groups is 4. The molecular formula is C80H156O17P2. The maximum Gasteiger partial charge on any atom is 0.472 e. The first-order chi connectivity index (χ1) is 47.8. The van der Waals surface area contributed by atoms with Crippen LogP contribution < -0.4 is 0 Å². The Balaban J connectivity index is 5.23. The minimum atomic E-state index is -4.96. The van der Waals surface area contributed by atoms with Crippen LogP contribution in [-0.4, -0.2) is 96.7 Å². The van der Waals surface area contributed by atoms with Crippen molar-refractivity contribution in [1.82, 2.24) is 0 Å². The van der Waals surface area contributed by atoms with Crippen LogP contribution in [0.1, 0.15) is 414 Å². The van der Waals surface area contributed by atoms with Crippen molar-refractivity contribution in [2.24, 2.45) is 17.8 Å². The fraction of sp³-hybridized carbons (Fsp3) is 0.950. The molecule has 99 heavy (non-hydrogen) atoms. The van der Waals surface area contributed by atoms with Gasteiger partial charge in [-0.2, -0.15) is 0 Å². The molecule has 0 bridgehead atoms. The van der Waals surface area contributed by atoms with Crippen molar-refractivity contribution < 1.29 is 80.2 Å². The molecule has 17 nitrogen and oxygen atoms in total. The second-order valence-electron chi connectivity index (χ2n) is 29.8. The standard InChI is InChI=1S/C80H156O17P2/c1-8-11-12-13-14-15-16-17-18-19-20-21-22-23-28-31-34-40-49-56-63-79(84)96-75(67-90-77(82)61-54-47-39-33-30-27-25-24-26-29-32-37-44-51-58-71(4)5)69-94-98(86,87)92-65-74(81)66-93-99(88,89)95-70-76(68-91-78(83)62-55-48-43-42-46-53-60-73(7)10-3)97-80(85)64-57-50-41-36-35-38-45-52-59-72(6)9-2/h71-76,81H,8-70H2,1-7H3,(H,86,87)(H,88,89)/t72?,73?,74-,75-,76-/m1/s1. The number of carbonyl (C=O) groups excluding carboxylic acids is 4. The van der Waals surface area contributed by atoms with Gasteiger partial charge in [0.2, 0.25) is 0 Å². The third-order valence-corrected chi connectivity index (χ3v) is 21.3. The number of unbranched alkanes of at least 4 members (excludes halogenated alkanes) is 44. The quantitative estimate of drug-likeness (QED) is 0.0222. The lowest BCUT2D eigenvalue weighted by Crippen LogP contribution is -2.30. The summed E-state index contributed by atoms with van der Waals surface area (Å²) < 4.78 is 68.7. The van der Waals surface area contributed by atoms with Gasteiger partial charge in [-0.3, -0.25) is 37.3 Å². The predicted molar refractivity (Wildman–Crippen MR) is 405 cm³/mol. The molecule has 0 amide bonds. The van der Waals surface area contributed by atoms with E-state index in [9.17, 15) is 43.2 Å². The van der Waals surface area contributed by atoms with Crippen LogP contribution in [0.2, 0.25) is 0 Å². The summed E-state index contributed by atoms with van der Waals surface area (Å²) in [5, 5.41) is 10.6. The Labute approximate surface area is 607 Å². The molecular weight excluding hydrogens is 1290 g/mol. The van der Waals surface area contributed by atoms with Gasteiger partial charge < -0.3 is 33.8 Å². The van der Waals surface area contributed by atoms with Crippen molar-refractivity contribution >= 4 is 39.5 Å². The summed E-state index contributed by atoms with van der Waals surface area (Å²) in [5.41, 5.74) is 0. The van der Waals surface area contributed by atoms with Crippen molar-refractivity contribution in [2.75, 3.05) is 39.6 Å². The molecule has 4 unspecified atom stereocenters. The third kappa shape index (κ3) is 71.5. The molecule has 0 radical (unpaired) electrons. The molecule has 0 heterocycles. The zero-order valence-corrected chi connectivity index (χ0v) is 66.8. The number of aliphatic hydroxyl groups is 1. The molecule has 0 fully saturated rings. The molecule has 0 aromatic heterocycles. The summed E-state index contributed by atoms with van der Waals surface area (Å²) in [7, 11) is -9.92. The summed E-state index contributed by atoms with van der Waals surface area (Å²) in [6.07, 6.45) is 58.4. The zero-order valence-electron chi connectivity index (χ0n) is 65.0. The Bertz CT molecular complexity index is 1930. The summed E-state index contributed by atoms with van der Waals surface area (Å²) in [6, 6.07) is 0. The molecule has 0 aliphatic carbocycles. The van der Waals surface area contributed by atoms with Crippen molar-refractivity contribution in [3.05, 3.63) is 0 Å². The summed E-state index contributed by atoms with van der Waals surface area (Å²) >= 11 is 0. The lowest BCUT2D eigenvalue weighted by molar-refractivity contribution is -0.161. The maximum absolute atomic E-state index is 13.1. The van der Waals surface area contributed by atoms with E-state index in [1.807, 2.05) is 0 Å². The van der Waals surface area contributed by atoms with E-state index in [0.717, 1.165) is 114 Å². The number of esters is 4. The van der Waals surface area contributed by atoms with Gasteiger partial charge in [-0.1, -0.05) is 363 Å². The molecule has 19 heteroatoms. The third-order valence-electron chi connectivity index (χ3n) is 19.4. The van der Waals surface area contributed by atoms with E-state index in [1.165, 1.54) is 218 Å². The van der Waals surface area contributed by atoms with Gasteiger partial charge in [0.25, 0.3) is 0 Å². The van der Waals surface area contributed by atoms with Crippen LogP contribution in [0, 0.1) is 17.8 Å². The van der Waals surface area contributed by atoms with Crippen LogP contribution in [0.3, 0.4) is 0 Å². The van der Waals surface area contributed by atoms with E-state index >= 15 is 0 Å². The number of hydrogen-bond donors (Lipinski definition) is 3. The Hall–Kier alpha value is -1.94. The summed E-state index contributed by atoms with van der Waals surface area (Å²) in [5.74, 6) is 0.184. The fourth-order valence-electron chi connectivity index (χ4n) is 12.2. The molecule has 588 valence electrons. The molecule has 0 aliphatic rings. The molecule has 0 rings (SSSR count). The monoisotopic (exact) mass is 1450 g/mol. The molecule has 0 aromatic rings. The number of ether oxygens (including phenoxy) is 4. The largest absolute Gasteiger partial charge is 0.472 e. The molecule has 0 saturated carbocycles. The molecule has 0 aliphatic heterocycles. The average Bonchev–Trinajstić information content (AvgIpc) is 0.981. The van der Waals surface area contributed by atoms with Gasteiger partial charge in [-0.25, -0.2) is 9.13 Å². The van der Waals surface area contributed by atoms with E-state index in [2.05, 4.69) is 48.5 Å². The van der Waals surface area contributed by atoms with E-state index in [-0.39, 0.29) is 25.7 Å². The number of phosphoric ester groups is 2. The highest BCUT2D eigenvalue weighted by atomic mass is 31.2. The van der Waals surface area contributed by atoms with Gasteiger partial charge in [-0.15, -0.1) is 0 Å². The first-order valence-electron chi connectivity index (χ1n) is 41.4.